The minimum Gasteiger partial charge on any atom is -0.380 e. The van der Waals surface area contributed by atoms with Gasteiger partial charge in [-0.05, 0) is 13.1 Å². The maximum atomic E-state index is 5.37. The highest BCUT2D eigenvalue weighted by Gasteiger charge is 2.34. The summed E-state index contributed by atoms with van der Waals surface area (Å²) in [5, 5.41) is 0. The molecule has 0 radical (unpaired) electrons. The number of nitrogens with zero attached hydrogens (tertiary/aromatic N) is 4. The van der Waals surface area contributed by atoms with Gasteiger partial charge >= 0.3 is 0 Å². The average molecular weight is 292 g/mol. The highest BCUT2D eigenvalue weighted by molar-refractivity contribution is 5.30. The summed E-state index contributed by atoms with van der Waals surface area (Å²) in [6.45, 7) is 9.12. The van der Waals surface area contributed by atoms with Crippen LogP contribution in [0.3, 0.4) is 0 Å². The number of anilines is 1. The summed E-state index contributed by atoms with van der Waals surface area (Å²) in [4.78, 5) is 13.6. The van der Waals surface area contributed by atoms with Crippen molar-refractivity contribution in [2.24, 2.45) is 5.41 Å². The molecule has 2 fully saturated rings. The highest BCUT2D eigenvalue weighted by atomic mass is 16.5. The zero-order valence-electron chi connectivity index (χ0n) is 12.9. The Labute approximate surface area is 126 Å². The Morgan fingerprint density at radius 3 is 2.71 bits per heavy atom. The second-order valence-corrected chi connectivity index (χ2v) is 6.42. The molecule has 116 valence electrons. The molecule has 0 bridgehead atoms. The molecule has 0 aliphatic carbocycles. The molecule has 3 heterocycles. The van der Waals surface area contributed by atoms with Crippen molar-refractivity contribution in [3.8, 4) is 0 Å². The van der Waals surface area contributed by atoms with Crippen LogP contribution in [0.5, 0.6) is 0 Å². The normalized spacial score (nSPS) is 21.4. The molecule has 6 nitrogen and oxygen atoms in total. The van der Waals surface area contributed by atoms with E-state index >= 15 is 0 Å². The van der Waals surface area contributed by atoms with Crippen molar-refractivity contribution in [3.63, 3.8) is 0 Å². The van der Waals surface area contributed by atoms with Gasteiger partial charge in [-0.3, -0.25) is 4.90 Å². The van der Waals surface area contributed by atoms with E-state index in [0.29, 0.717) is 5.41 Å². The van der Waals surface area contributed by atoms with Crippen LogP contribution in [0.1, 0.15) is 12.6 Å². The third-order valence-corrected chi connectivity index (χ3v) is 3.98. The Balaban J connectivity index is 1.59. The summed E-state index contributed by atoms with van der Waals surface area (Å²) in [5.41, 5.74) is 1.37. The van der Waals surface area contributed by atoms with Crippen molar-refractivity contribution in [1.29, 1.82) is 0 Å². The monoisotopic (exact) mass is 292 g/mol. The third kappa shape index (κ3) is 3.70. The molecule has 1 aromatic rings. The second kappa shape index (κ2) is 6.25. The summed E-state index contributed by atoms with van der Waals surface area (Å²) in [6.07, 6.45) is 1.86. The Bertz CT molecular complexity index is 472. The van der Waals surface area contributed by atoms with Gasteiger partial charge in [0.2, 0.25) is 5.95 Å². The molecule has 0 atom stereocenters. The minimum absolute atomic E-state index is 0.300. The Morgan fingerprint density at radius 2 is 2.05 bits per heavy atom. The standard InChI is InChI=1S/C15H24N4O2/c1-15(11-21-12-15)10-18(2)9-13-3-4-16-14(17-13)19-5-7-20-8-6-19/h3-4H,5-12H2,1-2H3. The van der Waals surface area contributed by atoms with Crippen molar-refractivity contribution in [3.05, 3.63) is 18.0 Å². The molecule has 0 unspecified atom stereocenters. The molecule has 0 amide bonds. The fourth-order valence-electron chi connectivity index (χ4n) is 2.91. The fourth-order valence-corrected chi connectivity index (χ4v) is 2.91. The van der Waals surface area contributed by atoms with Crippen molar-refractivity contribution < 1.29 is 9.47 Å². The smallest absolute Gasteiger partial charge is 0.225 e. The highest BCUT2D eigenvalue weighted by Crippen LogP contribution is 2.27. The lowest BCUT2D eigenvalue weighted by molar-refractivity contribution is -0.113. The van der Waals surface area contributed by atoms with Gasteiger partial charge in [0.1, 0.15) is 0 Å². The van der Waals surface area contributed by atoms with Crippen LogP contribution in [-0.4, -0.2) is 68.0 Å². The lowest BCUT2D eigenvalue weighted by Gasteiger charge is -2.40. The van der Waals surface area contributed by atoms with Gasteiger partial charge in [0, 0.05) is 37.8 Å². The second-order valence-electron chi connectivity index (χ2n) is 6.42. The summed E-state index contributed by atoms with van der Waals surface area (Å²) >= 11 is 0. The number of hydrogen-bond donors (Lipinski definition) is 0. The van der Waals surface area contributed by atoms with Gasteiger partial charge in [0.25, 0.3) is 0 Å². The average Bonchev–Trinajstić information content (AvgIpc) is 2.47. The van der Waals surface area contributed by atoms with E-state index in [4.69, 9.17) is 14.5 Å². The summed E-state index contributed by atoms with van der Waals surface area (Å²) in [7, 11) is 2.14. The van der Waals surface area contributed by atoms with Gasteiger partial charge in [-0.15, -0.1) is 0 Å². The Kier molecular flexibility index (Phi) is 4.37. The van der Waals surface area contributed by atoms with E-state index in [1.165, 1.54) is 0 Å². The molecule has 2 saturated heterocycles. The Morgan fingerprint density at radius 1 is 1.29 bits per heavy atom. The van der Waals surface area contributed by atoms with Crippen LogP contribution >= 0.6 is 0 Å². The Hall–Kier alpha value is -1.24. The summed E-state index contributed by atoms with van der Waals surface area (Å²) in [6, 6.07) is 2.00. The van der Waals surface area contributed by atoms with E-state index in [0.717, 1.165) is 64.2 Å². The molecule has 0 N–H and O–H groups in total. The first-order valence-electron chi connectivity index (χ1n) is 7.56. The first-order valence-corrected chi connectivity index (χ1v) is 7.56. The first-order chi connectivity index (χ1) is 10.1. The van der Waals surface area contributed by atoms with Gasteiger partial charge in [-0.25, -0.2) is 9.97 Å². The molecule has 6 heteroatoms. The maximum absolute atomic E-state index is 5.37. The van der Waals surface area contributed by atoms with Crippen LogP contribution in [0.4, 0.5) is 5.95 Å². The molecule has 0 saturated carbocycles. The maximum Gasteiger partial charge on any atom is 0.225 e. The van der Waals surface area contributed by atoms with Gasteiger partial charge in [0.05, 0.1) is 32.1 Å². The molecule has 0 aromatic carbocycles. The van der Waals surface area contributed by atoms with Gasteiger partial charge in [0.15, 0.2) is 0 Å². The molecule has 21 heavy (non-hydrogen) atoms. The van der Waals surface area contributed by atoms with E-state index < -0.39 is 0 Å². The number of aromatic nitrogens is 2. The van der Waals surface area contributed by atoms with E-state index in [-0.39, 0.29) is 0 Å². The van der Waals surface area contributed by atoms with E-state index in [2.05, 4.69) is 28.8 Å². The summed E-state index contributed by atoms with van der Waals surface area (Å²) in [5.74, 6) is 0.822. The molecular formula is C15H24N4O2. The van der Waals surface area contributed by atoms with Crippen molar-refractivity contribution in [2.45, 2.75) is 13.5 Å². The SMILES string of the molecule is CN(Cc1ccnc(N2CCOCC2)n1)CC1(C)COC1. The first kappa shape index (κ1) is 14.7. The van der Waals surface area contributed by atoms with E-state index in [9.17, 15) is 0 Å². The summed E-state index contributed by atoms with van der Waals surface area (Å²) < 4.78 is 10.7. The van der Waals surface area contributed by atoms with Gasteiger partial charge < -0.3 is 14.4 Å². The number of ether oxygens (including phenoxy) is 2. The van der Waals surface area contributed by atoms with Gasteiger partial charge in [-0.1, -0.05) is 6.92 Å². The van der Waals surface area contributed by atoms with Crippen LogP contribution in [0.2, 0.25) is 0 Å². The topological polar surface area (TPSA) is 50.7 Å². The molecule has 0 spiro atoms. The van der Waals surface area contributed by atoms with Crippen LogP contribution in [-0.2, 0) is 16.0 Å². The van der Waals surface area contributed by atoms with Crippen LogP contribution < -0.4 is 4.90 Å². The van der Waals surface area contributed by atoms with Crippen molar-refractivity contribution in [1.82, 2.24) is 14.9 Å². The molecule has 1 aromatic heterocycles. The van der Waals surface area contributed by atoms with Crippen molar-refractivity contribution >= 4 is 5.95 Å². The van der Waals surface area contributed by atoms with E-state index in [1.54, 1.807) is 0 Å². The lowest BCUT2D eigenvalue weighted by atomic mass is 9.88. The predicted octanol–water partition coefficient (Wildman–Crippen LogP) is 0.781. The molecule has 3 rings (SSSR count). The number of rotatable bonds is 5. The van der Waals surface area contributed by atoms with Crippen LogP contribution in [0.15, 0.2) is 12.3 Å². The van der Waals surface area contributed by atoms with Crippen LogP contribution in [0, 0.1) is 5.41 Å². The third-order valence-electron chi connectivity index (χ3n) is 3.98. The number of hydrogen-bond acceptors (Lipinski definition) is 6. The predicted molar refractivity (Wildman–Crippen MR) is 80.3 cm³/mol. The number of morpholine rings is 1. The zero-order valence-corrected chi connectivity index (χ0v) is 12.9. The minimum atomic E-state index is 0.300. The zero-order chi connectivity index (χ0) is 14.7. The quantitative estimate of drug-likeness (QED) is 0.799. The molecular weight excluding hydrogens is 268 g/mol. The largest absolute Gasteiger partial charge is 0.380 e. The molecule has 2 aliphatic heterocycles. The van der Waals surface area contributed by atoms with Crippen molar-refractivity contribution in [2.75, 3.05) is 58.0 Å². The lowest BCUT2D eigenvalue weighted by Crippen LogP contribution is -2.47. The fraction of sp³-hybridized carbons (Fsp3) is 0.733. The van der Waals surface area contributed by atoms with Crippen LogP contribution in [0.25, 0.3) is 0 Å². The van der Waals surface area contributed by atoms with E-state index in [1.807, 2.05) is 12.3 Å². The molecule has 2 aliphatic rings. The van der Waals surface area contributed by atoms with Gasteiger partial charge in [-0.2, -0.15) is 0 Å².